The zero-order chi connectivity index (χ0) is 9.68. The Balaban J connectivity index is 2.68. The van der Waals surface area contributed by atoms with E-state index in [0.717, 1.165) is 0 Å². The minimum Gasteiger partial charge on any atom is -0.464 e. The van der Waals surface area contributed by atoms with Crippen LogP contribution in [-0.4, -0.2) is 22.5 Å². The Morgan fingerprint density at radius 2 is 2.23 bits per heavy atom. The van der Waals surface area contributed by atoms with Crippen molar-refractivity contribution in [3.05, 3.63) is 24.3 Å². The van der Waals surface area contributed by atoms with Crippen molar-refractivity contribution >= 4 is 5.97 Å². The Morgan fingerprint density at radius 3 is 2.77 bits per heavy atom. The van der Waals surface area contributed by atoms with E-state index in [1.54, 1.807) is 13.0 Å². The van der Waals surface area contributed by atoms with Crippen LogP contribution in [0.25, 0.3) is 0 Å². The smallest absolute Gasteiger partial charge is 0.330 e. The molecule has 0 fully saturated rings. The third-order valence-corrected chi connectivity index (χ3v) is 1.40. The maximum atomic E-state index is 11.1. The summed E-state index contributed by atoms with van der Waals surface area (Å²) in [5, 5.41) is 0. The zero-order valence-corrected chi connectivity index (χ0v) is 7.30. The lowest BCUT2D eigenvalue weighted by Gasteiger charge is -2.07. The van der Waals surface area contributed by atoms with Crippen LogP contribution >= 0.6 is 0 Å². The monoisotopic (exact) mass is 181 g/mol. The molecule has 5 nitrogen and oxygen atoms in total. The first kappa shape index (κ1) is 9.60. The van der Waals surface area contributed by atoms with Crippen LogP contribution in [0.3, 0.4) is 0 Å². The molecule has 1 aromatic heterocycles. The van der Waals surface area contributed by atoms with Crippen molar-refractivity contribution in [2.45, 2.75) is 13.0 Å². The summed E-state index contributed by atoms with van der Waals surface area (Å²) in [7, 11) is 0. The van der Waals surface area contributed by atoms with Crippen molar-refractivity contribution in [3.63, 3.8) is 0 Å². The molecule has 0 saturated carbocycles. The maximum Gasteiger partial charge on any atom is 0.330 e. The van der Waals surface area contributed by atoms with Crippen molar-refractivity contribution in [3.8, 4) is 0 Å². The topological polar surface area (TPSA) is 78.1 Å². The van der Waals surface area contributed by atoms with Gasteiger partial charge in [0.15, 0.2) is 11.9 Å². The van der Waals surface area contributed by atoms with Gasteiger partial charge in [0.2, 0.25) is 0 Å². The van der Waals surface area contributed by atoms with Crippen LogP contribution in [0.4, 0.5) is 0 Å². The van der Waals surface area contributed by atoms with Gasteiger partial charge in [-0.1, -0.05) is 0 Å². The molecule has 13 heavy (non-hydrogen) atoms. The highest BCUT2D eigenvalue weighted by atomic mass is 16.5. The molecule has 5 heteroatoms. The summed E-state index contributed by atoms with van der Waals surface area (Å²) in [6.45, 7) is 2.02. The van der Waals surface area contributed by atoms with Crippen LogP contribution in [0.1, 0.15) is 18.8 Å². The lowest BCUT2D eigenvalue weighted by molar-refractivity contribution is -0.145. The predicted octanol–water partition coefficient (Wildman–Crippen LogP) is 0.0395. The van der Waals surface area contributed by atoms with Gasteiger partial charge in [-0.3, -0.25) is 0 Å². The van der Waals surface area contributed by atoms with E-state index in [2.05, 4.69) is 9.97 Å². The average molecular weight is 181 g/mol. The minimum absolute atomic E-state index is 0.279. The highest BCUT2D eigenvalue weighted by molar-refractivity contribution is 5.76. The number of carbonyl (C=O) groups excluding carboxylic acids is 1. The quantitative estimate of drug-likeness (QED) is 0.666. The first-order chi connectivity index (χ1) is 6.25. The molecule has 1 aromatic rings. The summed E-state index contributed by atoms with van der Waals surface area (Å²) in [6, 6.07) is 0.766. The van der Waals surface area contributed by atoms with Crippen LogP contribution in [0.5, 0.6) is 0 Å². The van der Waals surface area contributed by atoms with E-state index < -0.39 is 12.0 Å². The van der Waals surface area contributed by atoms with Gasteiger partial charge in [-0.05, 0) is 13.0 Å². The molecular formula is C8H11N3O2. The van der Waals surface area contributed by atoms with Gasteiger partial charge in [0, 0.05) is 12.4 Å². The third-order valence-electron chi connectivity index (χ3n) is 1.40. The first-order valence-corrected chi connectivity index (χ1v) is 3.94. The second kappa shape index (κ2) is 4.51. The van der Waals surface area contributed by atoms with Crippen molar-refractivity contribution in [1.29, 1.82) is 0 Å². The second-order valence-corrected chi connectivity index (χ2v) is 2.34. The number of rotatable bonds is 3. The average Bonchev–Trinajstić information content (AvgIpc) is 2.18. The van der Waals surface area contributed by atoms with Gasteiger partial charge in [0.25, 0.3) is 0 Å². The molecule has 0 radical (unpaired) electrons. The van der Waals surface area contributed by atoms with E-state index in [4.69, 9.17) is 10.5 Å². The standard InChI is InChI=1S/C8H11N3O2/c1-2-13-8(12)6(9)7-10-4-3-5-11-7/h3-6H,2,9H2,1H3. The Hall–Kier alpha value is -1.49. The summed E-state index contributed by atoms with van der Waals surface area (Å²) in [4.78, 5) is 18.8. The number of ether oxygens (including phenoxy) is 1. The normalized spacial score (nSPS) is 12.2. The van der Waals surface area contributed by atoms with Gasteiger partial charge in [0.1, 0.15) is 0 Å². The van der Waals surface area contributed by atoms with Crippen molar-refractivity contribution in [1.82, 2.24) is 9.97 Å². The number of esters is 1. The first-order valence-electron chi connectivity index (χ1n) is 3.94. The lowest BCUT2D eigenvalue weighted by atomic mass is 10.3. The maximum absolute atomic E-state index is 11.1. The number of hydrogen-bond acceptors (Lipinski definition) is 5. The van der Waals surface area contributed by atoms with Gasteiger partial charge in [-0.2, -0.15) is 0 Å². The summed E-state index contributed by atoms with van der Waals surface area (Å²) in [6.07, 6.45) is 3.06. The summed E-state index contributed by atoms with van der Waals surface area (Å²) < 4.78 is 4.71. The molecule has 0 spiro atoms. The molecule has 0 amide bonds. The number of carbonyl (C=O) groups is 1. The molecule has 0 saturated heterocycles. The summed E-state index contributed by atoms with van der Waals surface area (Å²) >= 11 is 0. The van der Waals surface area contributed by atoms with E-state index >= 15 is 0 Å². The van der Waals surface area contributed by atoms with Crippen LogP contribution in [0.2, 0.25) is 0 Å². The molecule has 0 aliphatic rings. The van der Waals surface area contributed by atoms with E-state index in [1.807, 2.05) is 0 Å². The van der Waals surface area contributed by atoms with Crippen molar-refractivity contribution in [2.24, 2.45) is 5.73 Å². The van der Waals surface area contributed by atoms with Crippen molar-refractivity contribution in [2.75, 3.05) is 6.61 Å². The molecule has 0 bridgehead atoms. The van der Waals surface area contributed by atoms with Crippen LogP contribution in [0.15, 0.2) is 18.5 Å². The molecule has 0 aromatic carbocycles. The van der Waals surface area contributed by atoms with Crippen LogP contribution in [0, 0.1) is 0 Å². The molecular weight excluding hydrogens is 170 g/mol. The van der Waals surface area contributed by atoms with Gasteiger partial charge in [0.05, 0.1) is 6.61 Å². The molecule has 2 N–H and O–H groups in total. The van der Waals surface area contributed by atoms with E-state index in [-0.39, 0.29) is 5.82 Å². The highest BCUT2D eigenvalue weighted by Crippen LogP contribution is 2.04. The molecule has 1 rings (SSSR count). The lowest BCUT2D eigenvalue weighted by Crippen LogP contribution is -2.25. The molecule has 1 atom stereocenters. The highest BCUT2D eigenvalue weighted by Gasteiger charge is 2.18. The number of nitrogens with zero attached hydrogens (tertiary/aromatic N) is 2. The molecule has 0 aliphatic heterocycles. The van der Waals surface area contributed by atoms with Crippen LogP contribution in [-0.2, 0) is 9.53 Å². The molecule has 70 valence electrons. The molecule has 1 heterocycles. The van der Waals surface area contributed by atoms with Gasteiger partial charge >= 0.3 is 5.97 Å². The Kier molecular flexibility index (Phi) is 3.33. The Bertz CT molecular complexity index is 276. The Labute approximate surface area is 75.9 Å². The largest absolute Gasteiger partial charge is 0.464 e. The van der Waals surface area contributed by atoms with Gasteiger partial charge < -0.3 is 10.5 Å². The Morgan fingerprint density at radius 1 is 1.62 bits per heavy atom. The van der Waals surface area contributed by atoms with E-state index in [9.17, 15) is 4.79 Å². The fraction of sp³-hybridized carbons (Fsp3) is 0.375. The van der Waals surface area contributed by atoms with E-state index in [0.29, 0.717) is 6.61 Å². The number of nitrogens with two attached hydrogens (primary N) is 1. The minimum atomic E-state index is -0.888. The summed E-state index contributed by atoms with van der Waals surface area (Å²) in [5.41, 5.74) is 5.53. The fourth-order valence-corrected chi connectivity index (χ4v) is 0.809. The predicted molar refractivity (Wildman–Crippen MR) is 45.6 cm³/mol. The van der Waals surface area contributed by atoms with Gasteiger partial charge in [-0.15, -0.1) is 0 Å². The van der Waals surface area contributed by atoms with E-state index in [1.165, 1.54) is 12.4 Å². The zero-order valence-electron chi connectivity index (χ0n) is 7.30. The fourth-order valence-electron chi connectivity index (χ4n) is 0.809. The molecule has 0 aliphatic carbocycles. The van der Waals surface area contributed by atoms with Crippen molar-refractivity contribution < 1.29 is 9.53 Å². The number of aromatic nitrogens is 2. The second-order valence-electron chi connectivity index (χ2n) is 2.34. The number of hydrogen-bond donors (Lipinski definition) is 1. The molecule has 1 unspecified atom stereocenters. The SMILES string of the molecule is CCOC(=O)C(N)c1ncccn1. The third kappa shape index (κ3) is 2.48. The van der Waals surface area contributed by atoms with Gasteiger partial charge in [-0.25, -0.2) is 14.8 Å². The summed E-state index contributed by atoms with van der Waals surface area (Å²) in [5.74, 6) is -0.227. The van der Waals surface area contributed by atoms with Crippen LogP contribution < -0.4 is 5.73 Å².